The standard InChI is InChI=1S/C16H15N5O2/c1-10-9-15(21-23-10)19-14-7-8-17-16(20-14)18-13-5-3-12(4-6-13)11(2)22/h3-9H,1-2H3,(H2,17,18,19,20,21). The first-order chi connectivity index (χ1) is 11.1. The minimum atomic E-state index is 0.0295. The van der Waals surface area contributed by atoms with Gasteiger partial charge in [0.15, 0.2) is 11.6 Å². The maximum Gasteiger partial charge on any atom is 0.229 e. The summed E-state index contributed by atoms with van der Waals surface area (Å²) in [5.74, 6) is 2.35. The van der Waals surface area contributed by atoms with Crippen molar-refractivity contribution in [1.82, 2.24) is 15.1 Å². The predicted molar refractivity (Wildman–Crippen MR) is 86.3 cm³/mol. The number of benzene rings is 1. The van der Waals surface area contributed by atoms with Crippen molar-refractivity contribution in [1.29, 1.82) is 0 Å². The lowest BCUT2D eigenvalue weighted by Crippen LogP contribution is -2.01. The number of nitrogens with zero attached hydrogens (tertiary/aromatic N) is 3. The number of hydrogen-bond acceptors (Lipinski definition) is 7. The van der Waals surface area contributed by atoms with Crippen LogP contribution in [0.5, 0.6) is 0 Å². The second kappa shape index (κ2) is 6.27. The molecule has 0 spiro atoms. The van der Waals surface area contributed by atoms with Gasteiger partial charge in [-0.05, 0) is 44.2 Å². The van der Waals surface area contributed by atoms with Gasteiger partial charge >= 0.3 is 0 Å². The Balaban J connectivity index is 1.73. The number of nitrogens with one attached hydrogen (secondary N) is 2. The SMILES string of the molecule is CC(=O)c1ccc(Nc2nccc(Nc3cc(C)on3)n2)cc1. The summed E-state index contributed by atoms with van der Waals surface area (Å²) in [6, 6.07) is 10.6. The molecule has 1 aromatic carbocycles. The van der Waals surface area contributed by atoms with Gasteiger partial charge in [0.1, 0.15) is 11.6 Å². The highest BCUT2D eigenvalue weighted by molar-refractivity contribution is 5.94. The van der Waals surface area contributed by atoms with Gasteiger partial charge in [-0.15, -0.1) is 0 Å². The minimum absolute atomic E-state index is 0.0295. The smallest absolute Gasteiger partial charge is 0.229 e. The Morgan fingerprint density at radius 1 is 1.09 bits per heavy atom. The number of ketones is 1. The molecule has 0 saturated carbocycles. The molecular weight excluding hydrogens is 294 g/mol. The second-order valence-corrected chi connectivity index (χ2v) is 4.97. The highest BCUT2D eigenvalue weighted by Crippen LogP contribution is 2.18. The molecule has 0 atom stereocenters. The Morgan fingerprint density at radius 2 is 1.87 bits per heavy atom. The van der Waals surface area contributed by atoms with Crippen LogP contribution in [0.1, 0.15) is 23.0 Å². The maximum absolute atomic E-state index is 11.3. The van der Waals surface area contributed by atoms with E-state index in [1.165, 1.54) is 6.92 Å². The van der Waals surface area contributed by atoms with Gasteiger partial charge in [-0.2, -0.15) is 4.98 Å². The molecule has 3 rings (SSSR count). The average Bonchev–Trinajstić information content (AvgIpc) is 2.93. The van der Waals surface area contributed by atoms with E-state index < -0.39 is 0 Å². The number of aryl methyl sites for hydroxylation is 1. The van der Waals surface area contributed by atoms with Gasteiger partial charge in [0.25, 0.3) is 0 Å². The van der Waals surface area contributed by atoms with Crippen LogP contribution in [-0.4, -0.2) is 20.9 Å². The van der Waals surface area contributed by atoms with Crippen LogP contribution in [0.25, 0.3) is 0 Å². The summed E-state index contributed by atoms with van der Waals surface area (Å²) in [5, 5.41) is 9.97. The first kappa shape index (κ1) is 14.7. The van der Waals surface area contributed by atoms with E-state index in [1.54, 1.807) is 42.6 Å². The van der Waals surface area contributed by atoms with E-state index in [9.17, 15) is 4.79 Å². The van der Waals surface area contributed by atoms with Gasteiger partial charge in [-0.3, -0.25) is 4.79 Å². The van der Waals surface area contributed by atoms with Gasteiger partial charge in [0.2, 0.25) is 5.95 Å². The summed E-state index contributed by atoms with van der Waals surface area (Å²) in [7, 11) is 0. The lowest BCUT2D eigenvalue weighted by atomic mass is 10.1. The predicted octanol–water partition coefficient (Wildman–Crippen LogP) is 3.46. The highest BCUT2D eigenvalue weighted by Gasteiger charge is 2.04. The van der Waals surface area contributed by atoms with Gasteiger partial charge < -0.3 is 15.2 Å². The van der Waals surface area contributed by atoms with E-state index >= 15 is 0 Å². The van der Waals surface area contributed by atoms with Gasteiger partial charge in [0.05, 0.1) is 0 Å². The number of carbonyl (C=O) groups excluding carboxylic acids is 1. The topological polar surface area (TPSA) is 92.9 Å². The molecule has 0 fully saturated rings. The zero-order valence-corrected chi connectivity index (χ0v) is 12.7. The Kier molecular flexibility index (Phi) is 4.01. The van der Waals surface area contributed by atoms with Crippen LogP contribution >= 0.6 is 0 Å². The van der Waals surface area contributed by atoms with E-state index in [-0.39, 0.29) is 5.78 Å². The molecule has 2 N–H and O–H groups in total. The van der Waals surface area contributed by atoms with Crippen molar-refractivity contribution >= 4 is 29.1 Å². The molecule has 0 aliphatic carbocycles. The fraction of sp³-hybridized carbons (Fsp3) is 0.125. The van der Waals surface area contributed by atoms with Crippen LogP contribution in [0, 0.1) is 6.92 Å². The Morgan fingerprint density at radius 3 is 2.52 bits per heavy atom. The zero-order chi connectivity index (χ0) is 16.2. The third-order valence-corrected chi connectivity index (χ3v) is 3.09. The first-order valence-electron chi connectivity index (χ1n) is 7.01. The fourth-order valence-electron chi connectivity index (χ4n) is 1.96. The van der Waals surface area contributed by atoms with Crippen LogP contribution in [0.15, 0.2) is 47.1 Å². The van der Waals surface area contributed by atoms with Crippen molar-refractivity contribution in [2.45, 2.75) is 13.8 Å². The molecule has 0 saturated heterocycles. The summed E-state index contributed by atoms with van der Waals surface area (Å²) in [6.45, 7) is 3.35. The average molecular weight is 309 g/mol. The molecule has 7 heteroatoms. The van der Waals surface area contributed by atoms with Crippen molar-refractivity contribution in [3.05, 3.63) is 53.9 Å². The molecule has 23 heavy (non-hydrogen) atoms. The first-order valence-corrected chi connectivity index (χ1v) is 7.01. The molecule has 0 amide bonds. The number of anilines is 4. The van der Waals surface area contributed by atoms with Gasteiger partial charge in [-0.25, -0.2) is 4.98 Å². The molecule has 7 nitrogen and oxygen atoms in total. The van der Waals surface area contributed by atoms with Crippen LogP contribution in [0.3, 0.4) is 0 Å². The van der Waals surface area contributed by atoms with E-state index in [0.717, 1.165) is 5.69 Å². The molecule has 2 heterocycles. The van der Waals surface area contributed by atoms with Crippen molar-refractivity contribution in [2.75, 3.05) is 10.6 Å². The molecule has 0 unspecified atom stereocenters. The summed E-state index contributed by atoms with van der Waals surface area (Å²) in [4.78, 5) is 19.8. The number of hydrogen-bond donors (Lipinski definition) is 2. The lowest BCUT2D eigenvalue weighted by molar-refractivity contribution is 0.101. The Bertz CT molecular complexity index is 826. The van der Waals surface area contributed by atoms with Gasteiger partial charge in [0, 0.05) is 23.5 Å². The molecule has 0 bridgehead atoms. The Hall–Kier alpha value is -3.22. The number of Topliss-reactive ketones (excluding diaryl/α,β-unsaturated/α-hetero) is 1. The fourth-order valence-corrected chi connectivity index (χ4v) is 1.96. The van der Waals surface area contributed by atoms with E-state index in [0.29, 0.717) is 28.9 Å². The monoisotopic (exact) mass is 309 g/mol. The quantitative estimate of drug-likeness (QED) is 0.697. The van der Waals surface area contributed by atoms with Crippen molar-refractivity contribution in [3.63, 3.8) is 0 Å². The Labute approximate surface area is 132 Å². The van der Waals surface area contributed by atoms with Crippen molar-refractivity contribution in [3.8, 4) is 0 Å². The summed E-state index contributed by atoms with van der Waals surface area (Å²) in [6.07, 6.45) is 1.63. The number of rotatable bonds is 5. The third-order valence-electron chi connectivity index (χ3n) is 3.09. The number of carbonyl (C=O) groups is 1. The third kappa shape index (κ3) is 3.70. The van der Waals surface area contributed by atoms with Crippen molar-refractivity contribution < 1.29 is 9.32 Å². The van der Waals surface area contributed by atoms with Crippen LogP contribution in [0.4, 0.5) is 23.3 Å². The van der Waals surface area contributed by atoms with Crippen LogP contribution in [0.2, 0.25) is 0 Å². The highest BCUT2D eigenvalue weighted by atomic mass is 16.5. The molecule has 0 aliphatic heterocycles. The largest absolute Gasteiger partial charge is 0.360 e. The molecule has 0 aliphatic rings. The molecule has 3 aromatic rings. The maximum atomic E-state index is 11.3. The van der Waals surface area contributed by atoms with Crippen LogP contribution < -0.4 is 10.6 Å². The van der Waals surface area contributed by atoms with E-state index in [2.05, 4.69) is 25.8 Å². The molecule has 0 radical (unpaired) electrons. The van der Waals surface area contributed by atoms with E-state index in [4.69, 9.17) is 4.52 Å². The summed E-state index contributed by atoms with van der Waals surface area (Å²) < 4.78 is 4.99. The van der Waals surface area contributed by atoms with Gasteiger partial charge in [-0.1, -0.05) is 5.16 Å². The van der Waals surface area contributed by atoms with Crippen molar-refractivity contribution in [2.24, 2.45) is 0 Å². The number of aromatic nitrogens is 3. The second-order valence-electron chi connectivity index (χ2n) is 4.97. The molecule has 116 valence electrons. The minimum Gasteiger partial charge on any atom is -0.360 e. The molecular formula is C16H15N5O2. The summed E-state index contributed by atoms with van der Waals surface area (Å²) in [5.41, 5.74) is 1.46. The lowest BCUT2D eigenvalue weighted by Gasteiger charge is -2.07. The molecule has 2 aromatic heterocycles. The summed E-state index contributed by atoms with van der Waals surface area (Å²) >= 11 is 0. The normalized spacial score (nSPS) is 10.3. The van der Waals surface area contributed by atoms with E-state index in [1.807, 2.05) is 6.92 Å². The zero-order valence-electron chi connectivity index (χ0n) is 12.7. The van der Waals surface area contributed by atoms with Crippen LogP contribution in [-0.2, 0) is 0 Å².